The van der Waals surface area contributed by atoms with Crippen molar-refractivity contribution in [1.29, 1.82) is 0 Å². The molecule has 0 saturated heterocycles. The van der Waals surface area contributed by atoms with E-state index in [-0.39, 0.29) is 19.1 Å². The number of nitrogens with one attached hydrogen (secondary N) is 1. The van der Waals surface area contributed by atoms with Crippen molar-refractivity contribution in [3.8, 4) is 0 Å². The number of carbonyl (C=O) groups is 1. The molecular weight excluding hydrogens is 342 g/mol. The third-order valence-electron chi connectivity index (χ3n) is 5.52. The molecule has 6 heteroatoms. The molecule has 3 rings (SSSR count). The van der Waals surface area contributed by atoms with Crippen molar-refractivity contribution in [2.24, 2.45) is 0 Å². The predicted octanol–water partition coefficient (Wildman–Crippen LogP) is 2.99. The molecule has 1 heterocycles. The lowest BCUT2D eigenvalue weighted by atomic mass is 9.88. The number of ether oxygens (including phenoxy) is 1. The summed E-state index contributed by atoms with van der Waals surface area (Å²) in [7, 11) is 1.60. The van der Waals surface area contributed by atoms with Crippen LogP contribution in [0.15, 0.2) is 24.3 Å². The number of para-hydroxylation sites is 2. The van der Waals surface area contributed by atoms with Crippen LogP contribution in [-0.4, -0.2) is 46.4 Å². The maximum Gasteiger partial charge on any atom is 0.240 e. The van der Waals surface area contributed by atoms with Crippen LogP contribution in [0.25, 0.3) is 11.0 Å². The van der Waals surface area contributed by atoms with Crippen LogP contribution in [0.5, 0.6) is 0 Å². The van der Waals surface area contributed by atoms with E-state index >= 15 is 0 Å². The molecule has 1 aliphatic rings. The minimum atomic E-state index is -0.581. The fourth-order valence-corrected chi connectivity index (χ4v) is 4.19. The van der Waals surface area contributed by atoms with Gasteiger partial charge in [0.25, 0.3) is 0 Å². The zero-order valence-corrected chi connectivity index (χ0v) is 16.4. The number of rotatable bonds is 8. The van der Waals surface area contributed by atoms with E-state index in [4.69, 9.17) is 9.72 Å². The molecule has 2 aromatic rings. The number of methoxy groups -OCH3 is 1. The third kappa shape index (κ3) is 4.68. The average molecular weight is 373 g/mol. The summed E-state index contributed by atoms with van der Waals surface area (Å²) in [5.74, 6) is 1.37. The number of aromatic nitrogens is 2. The van der Waals surface area contributed by atoms with Crippen LogP contribution in [0.4, 0.5) is 0 Å². The van der Waals surface area contributed by atoms with Crippen LogP contribution < -0.4 is 5.32 Å². The van der Waals surface area contributed by atoms with Gasteiger partial charge < -0.3 is 19.7 Å². The number of hydrogen-bond acceptors (Lipinski definition) is 4. The fourth-order valence-electron chi connectivity index (χ4n) is 4.19. The Morgan fingerprint density at radius 1 is 1.33 bits per heavy atom. The largest absolute Gasteiger partial charge is 0.396 e. The number of fused-ring (bicyclic) bond motifs is 1. The minimum absolute atomic E-state index is 0.00146. The summed E-state index contributed by atoms with van der Waals surface area (Å²) in [6.07, 6.45) is 6.46. The Morgan fingerprint density at radius 3 is 2.78 bits per heavy atom. The van der Waals surface area contributed by atoms with Gasteiger partial charge in [-0.15, -0.1) is 0 Å². The van der Waals surface area contributed by atoms with Crippen molar-refractivity contribution < 1.29 is 14.6 Å². The summed E-state index contributed by atoms with van der Waals surface area (Å²) in [4.78, 5) is 17.7. The standard InChI is InChI=1S/C21H31N3O3/c1-21(12-13-25,15-27-2)23-19(26)14-24-18-11-7-6-10-17(18)22-20(24)16-8-4-3-5-9-16/h6-7,10-11,16,25H,3-5,8-9,12-15H2,1-2H3,(H,23,26). The summed E-state index contributed by atoms with van der Waals surface area (Å²) in [6, 6.07) is 8.02. The molecule has 1 aliphatic carbocycles. The van der Waals surface area contributed by atoms with Crippen molar-refractivity contribution in [3.05, 3.63) is 30.1 Å². The quantitative estimate of drug-likeness (QED) is 0.746. The van der Waals surface area contributed by atoms with Gasteiger partial charge in [0.15, 0.2) is 0 Å². The normalized spacial score (nSPS) is 17.7. The third-order valence-corrected chi connectivity index (χ3v) is 5.52. The SMILES string of the molecule is COCC(C)(CCO)NC(=O)Cn1c(C2CCCCC2)nc2ccccc21. The summed E-state index contributed by atoms with van der Waals surface area (Å²) < 4.78 is 7.32. The van der Waals surface area contributed by atoms with Gasteiger partial charge in [-0.25, -0.2) is 4.98 Å². The van der Waals surface area contributed by atoms with Crippen molar-refractivity contribution in [2.45, 2.75) is 63.5 Å². The molecule has 0 aliphatic heterocycles. The van der Waals surface area contributed by atoms with Gasteiger partial charge in [-0.1, -0.05) is 31.4 Å². The molecule has 0 radical (unpaired) electrons. The minimum Gasteiger partial charge on any atom is -0.396 e. The van der Waals surface area contributed by atoms with E-state index in [1.807, 2.05) is 31.2 Å². The summed E-state index contributed by atoms with van der Waals surface area (Å²) in [5.41, 5.74) is 1.37. The summed E-state index contributed by atoms with van der Waals surface area (Å²) >= 11 is 0. The second-order valence-corrected chi connectivity index (χ2v) is 7.90. The molecule has 148 valence electrons. The number of hydrogen-bond donors (Lipinski definition) is 2. The lowest BCUT2D eigenvalue weighted by molar-refractivity contribution is -0.124. The smallest absolute Gasteiger partial charge is 0.240 e. The van der Waals surface area contributed by atoms with Crippen LogP contribution in [0.1, 0.15) is 57.2 Å². The average Bonchev–Trinajstić information content (AvgIpc) is 3.01. The monoisotopic (exact) mass is 373 g/mol. The molecule has 2 N–H and O–H groups in total. The maximum absolute atomic E-state index is 12.9. The van der Waals surface area contributed by atoms with Crippen LogP contribution in [-0.2, 0) is 16.1 Å². The van der Waals surface area contributed by atoms with E-state index in [9.17, 15) is 9.90 Å². The van der Waals surface area contributed by atoms with E-state index in [2.05, 4.69) is 9.88 Å². The predicted molar refractivity (Wildman–Crippen MR) is 106 cm³/mol. The first-order valence-corrected chi connectivity index (χ1v) is 9.92. The van der Waals surface area contributed by atoms with Gasteiger partial charge in [0.2, 0.25) is 5.91 Å². The van der Waals surface area contributed by atoms with Crippen molar-refractivity contribution in [3.63, 3.8) is 0 Å². The Balaban J connectivity index is 1.85. The molecule has 1 saturated carbocycles. The molecule has 0 bridgehead atoms. The van der Waals surface area contributed by atoms with E-state index in [1.165, 1.54) is 19.3 Å². The van der Waals surface area contributed by atoms with Crippen molar-refractivity contribution in [1.82, 2.24) is 14.9 Å². The van der Waals surface area contributed by atoms with Gasteiger partial charge in [-0.3, -0.25) is 4.79 Å². The number of amides is 1. The van der Waals surface area contributed by atoms with Gasteiger partial charge in [0, 0.05) is 19.6 Å². The highest BCUT2D eigenvalue weighted by molar-refractivity contribution is 5.81. The first-order chi connectivity index (χ1) is 13.1. The lowest BCUT2D eigenvalue weighted by Crippen LogP contribution is -2.51. The first-order valence-electron chi connectivity index (χ1n) is 9.92. The lowest BCUT2D eigenvalue weighted by Gasteiger charge is -2.30. The van der Waals surface area contributed by atoms with Crippen molar-refractivity contribution in [2.75, 3.05) is 20.3 Å². The second kappa shape index (κ2) is 8.85. The Hall–Kier alpha value is -1.92. The molecule has 6 nitrogen and oxygen atoms in total. The number of imidazole rings is 1. The Morgan fingerprint density at radius 2 is 2.07 bits per heavy atom. The van der Waals surface area contributed by atoms with E-state index in [1.54, 1.807) is 7.11 Å². The Kier molecular flexibility index (Phi) is 6.50. The highest BCUT2D eigenvalue weighted by Crippen LogP contribution is 2.33. The maximum atomic E-state index is 12.9. The van der Waals surface area contributed by atoms with Gasteiger partial charge in [0.1, 0.15) is 12.4 Å². The molecule has 1 unspecified atom stereocenters. The van der Waals surface area contributed by atoms with E-state index in [0.717, 1.165) is 29.7 Å². The number of aliphatic hydroxyl groups excluding tert-OH is 1. The molecule has 1 amide bonds. The number of carbonyl (C=O) groups excluding carboxylic acids is 1. The molecular formula is C21H31N3O3. The molecule has 1 atom stereocenters. The number of benzene rings is 1. The molecule has 1 aromatic carbocycles. The van der Waals surface area contributed by atoms with E-state index < -0.39 is 5.54 Å². The second-order valence-electron chi connectivity index (χ2n) is 7.90. The highest BCUT2D eigenvalue weighted by atomic mass is 16.5. The molecule has 1 fully saturated rings. The molecule has 27 heavy (non-hydrogen) atoms. The van der Waals surface area contributed by atoms with Gasteiger partial charge >= 0.3 is 0 Å². The van der Waals surface area contributed by atoms with Crippen LogP contribution in [0, 0.1) is 0 Å². The molecule has 0 spiro atoms. The van der Waals surface area contributed by atoms with Gasteiger partial charge in [-0.05, 0) is 38.3 Å². The number of nitrogens with zero attached hydrogens (tertiary/aromatic N) is 2. The van der Waals surface area contributed by atoms with Crippen LogP contribution in [0.3, 0.4) is 0 Å². The fraction of sp³-hybridized carbons (Fsp3) is 0.619. The number of aliphatic hydroxyl groups is 1. The highest BCUT2D eigenvalue weighted by Gasteiger charge is 2.28. The van der Waals surface area contributed by atoms with Crippen molar-refractivity contribution >= 4 is 16.9 Å². The zero-order valence-electron chi connectivity index (χ0n) is 16.4. The van der Waals surface area contributed by atoms with E-state index in [0.29, 0.717) is 18.9 Å². The topological polar surface area (TPSA) is 76.4 Å². The summed E-state index contributed by atoms with van der Waals surface area (Å²) in [6.45, 7) is 2.50. The summed E-state index contributed by atoms with van der Waals surface area (Å²) in [5, 5.41) is 12.4. The Bertz CT molecular complexity index is 759. The van der Waals surface area contributed by atoms with Gasteiger partial charge in [-0.2, -0.15) is 0 Å². The Labute approximate surface area is 160 Å². The van der Waals surface area contributed by atoms with Crippen LogP contribution >= 0.6 is 0 Å². The van der Waals surface area contributed by atoms with Crippen LogP contribution in [0.2, 0.25) is 0 Å². The zero-order chi connectivity index (χ0) is 19.3. The first kappa shape index (κ1) is 19.8. The molecule has 1 aromatic heterocycles. The van der Waals surface area contributed by atoms with Gasteiger partial charge in [0.05, 0.1) is 23.2 Å².